The maximum absolute atomic E-state index is 10.6. The normalized spacial score (nSPS) is 11.9. The molecule has 0 heterocycles. The summed E-state index contributed by atoms with van der Waals surface area (Å²) in [7, 11) is 3.02. The first-order chi connectivity index (χ1) is 7.08. The molecule has 0 fully saturated rings. The molecule has 0 N–H and O–H groups in total. The van der Waals surface area contributed by atoms with Gasteiger partial charge in [-0.1, -0.05) is 0 Å². The Hall–Kier alpha value is -1.78. The fourth-order valence-electron chi connectivity index (χ4n) is 1.19. The summed E-state index contributed by atoms with van der Waals surface area (Å²) in [4.78, 5) is 10.3. The van der Waals surface area contributed by atoms with E-state index in [0.29, 0.717) is 17.1 Å². The zero-order valence-corrected chi connectivity index (χ0v) is 8.89. The minimum absolute atomic E-state index is 0.353. The Balaban J connectivity index is 3.11. The van der Waals surface area contributed by atoms with Crippen molar-refractivity contribution in [3.05, 3.63) is 33.9 Å². The van der Waals surface area contributed by atoms with Crippen LogP contribution in [0.2, 0.25) is 0 Å². The highest BCUT2D eigenvalue weighted by atomic mass is 16.6. The van der Waals surface area contributed by atoms with Crippen LogP contribution in [0.1, 0.15) is 18.5 Å². The lowest BCUT2D eigenvalue weighted by Gasteiger charge is -2.09. The van der Waals surface area contributed by atoms with Crippen LogP contribution in [0.4, 0.5) is 0 Å². The van der Waals surface area contributed by atoms with Crippen LogP contribution in [0.15, 0.2) is 18.2 Å². The number of nitrogens with zero attached hydrogens (tertiary/aromatic N) is 1. The van der Waals surface area contributed by atoms with Gasteiger partial charge >= 0.3 is 0 Å². The van der Waals surface area contributed by atoms with Gasteiger partial charge in [0.15, 0.2) is 0 Å². The van der Waals surface area contributed by atoms with Gasteiger partial charge in [0.1, 0.15) is 11.5 Å². The zero-order valence-electron chi connectivity index (χ0n) is 8.89. The van der Waals surface area contributed by atoms with Gasteiger partial charge in [-0.25, -0.2) is 0 Å². The number of benzene rings is 1. The summed E-state index contributed by atoms with van der Waals surface area (Å²) in [6, 6.07) is 4.18. The maximum Gasteiger partial charge on any atom is 0.235 e. The molecular weight excluding hydrogens is 198 g/mol. The summed E-state index contributed by atoms with van der Waals surface area (Å²) in [5.74, 6) is 1.11. The van der Waals surface area contributed by atoms with E-state index in [9.17, 15) is 10.1 Å². The number of hydrogen-bond donors (Lipinski definition) is 0. The molecule has 15 heavy (non-hydrogen) atoms. The lowest BCUT2D eigenvalue weighted by atomic mass is 10.1. The van der Waals surface area contributed by atoms with Crippen LogP contribution < -0.4 is 9.47 Å². The molecule has 1 aromatic rings. The molecule has 0 bridgehead atoms. The lowest BCUT2D eigenvalue weighted by molar-refractivity contribution is -0.524. The van der Waals surface area contributed by atoms with Gasteiger partial charge < -0.3 is 9.47 Å². The van der Waals surface area contributed by atoms with Crippen LogP contribution in [0.25, 0.3) is 0 Å². The summed E-state index contributed by atoms with van der Waals surface area (Å²) in [5, 5.41) is 10.6. The van der Waals surface area contributed by atoms with Gasteiger partial charge in [-0.05, 0) is 12.1 Å². The van der Waals surface area contributed by atoms with E-state index in [1.165, 1.54) is 21.1 Å². The van der Waals surface area contributed by atoms with Crippen LogP contribution in [-0.4, -0.2) is 19.1 Å². The molecular formula is C10H13NO4. The van der Waals surface area contributed by atoms with Gasteiger partial charge in [-0.3, -0.25) is 10.1 Å². The smallest absolute Gasteiger partial charge is 0.235 e. The minimum atomic E-state index is -0.769. The van der Waals surface area contributed by atoms with E-state index < -0.39 is 6.04 Å². The van der Waals surface area contributed by atoms with Crippen LogP contribution in [0.3, 0.4) is 0 Å². The third-order valence-electron chi connectivity index (χ3n) is 2.17. The Bertz CT molecular complexity index is 342. The maximum atomic E-state index is 10.6. The topological polar surface area (TPSA) is 61.6 Å². The molecule has 0 spiro atoms. The van der Waals surface area contributed by atoms with Crippen molar-refractivity contribution in [3.8, 4) is 11.5 Å². The van der Waals surface area contributed by atoms with Gasteiger partial charge in [-0.15, -0.1) is 0 Å². The largest absolute Gasteiger partial charge is 0.497 e. The summed E-state index contributed by atoms with van der Waals surface area (Å²) < 4.78 is 10.0. The van der Waals surface area contributed by atoms with Crippen molar-refractivity contribution in [2.45, 2.75) is 13.0 Å². The van der Waals surface area contributed by atoms with Crippen molar-refractivity contribution in [3.63, 3.8) is 0 Å². The summed E-state index contributed by atoms with van der Waals surface area (Å²) in [6.07, 6.45) is 0. The second-order valence-electron chi connectivity index (χ2n) is 3.11. The summed E-state index contributed by atoms with van der Waals surface area (Å²) in [5.41, 5.74) is 0.566. The van der Waals surface area contributed by atoms with Gasteiger partial charge in [0.25, 0.3) is 0 Å². The number of hydrogen-bond acceptors (Lipinski definition) is 4. The number of methoxy groups -OCH3 is 2. The highest BCUT2D eigenvalue weighted by molar-refractivity contribution is 5.39. The van der Waals surface area contributed by atoms with Gasteiger partial charge in [0, 0.05) is 23.5 Å². The third kappa shape index (κ3) is 2.59. The molecule has 5 heteroatoms. The van der Waals surface area contributed by atoms with E-state index in [-0.39, 0.29) is 4.92 Å². The molecule has 1 atom stereocenters. The minimum Gasteiger partial charge on any atom is -0.497 e. The monoisotopic (exact) mass is 211 g/mol. The molecule has 0 radical (unpaired) electrons. The molecule has 0 aromatic heterocycles. The van der Waals surface area contributed by atoms with E-state index in [4.69, 9.17) is 9.47 Å². The average molecular weight is 211 g/mol. The Morgan fingerprint density at radius 3 is 2.00 bits per heavy atom. The van der Waals surface area contributed by atoms with Crippen LogP contribution in [0.5, 0.6) is 11.5 Å². The van der Waals surface area contributed by atoms with Gasteiger partial charge in [0.2, 0.25) is 6.04 Å². The molecule has 1 rings (SSSR count). The van der Waals surface area contributed by atoms with E-state index in [1.807, 2.05) is 0 Å². The molecule has 1 unspecified atom stereocenters. The lowest BCUT2D eigenvalue weighted by Crippen LogP contribution is -2.06. The SMILES string of the molecule is COc1cc(OC)cc(C(C)[N+](=O)[O-])c1. The number of ether oxygens (including phenoxy) is 2. The molecule has 1 aromatic carbocycles. The zero-order chi connectivity index (χ0) is 11.4. The average Bonchev–Trinajstić information content (AvgIpc) is 2.27. The first-order valence-corrected chi connectivity index (χ1v) is 4.45. The molecule has 0 aliphatic rings. The molecule has 82 valence electrons. The molecule has 0 saturated heterocycles. The van der Waals surface area contributed by atoms with E-state index in [2.05, 4.69) is 0 Å². The highest BCUT2D eigenvalue weighted by Crippen LogP contribution is 2.27. The standard InChI is InChI=1S/C10H13NO4/c1-7(11(12)13)8-4-9(14-2)6-10(5-8)15-3/h4-7H,1-3H3. The molecule has 0 aliphatic heterocycles. The second-order valence-corrected chi connectivity index (χ2v) is 3.11. The van der Waals surface area contributed by atoms with Crippen molar-refractivity contribution in [1.29, 1.82) is 0 Å². The summed E-state index contributed by atoms with van der Waals surface area (Å²) >= 11 is 0. The Morgan fingerprint density at radius 2 is 1.67 bits per heavy atom. The second kappa shape index (κ2) is 4.63. The summed E-state index contributed by atoms with van der Waals surface area (Å²) in [6.45, 7) is 1.52. The first kappa shape index (κ1) is 11.3. The Morgan fingerprint density at radius 1 is 1.20 bits per heavy atom. The van der Waals surface area contributed by atoms with Crippen molar-refractivity contribution in [1.82, 2.24) is 0 Å². The number of rotatable bonds is 4. The van der Waals surface area contributed by atoms with E-state index in [1.54, 1.807) is 18.2 Å². The predicted octanol–water partition coefficient (Wildman–Crippen LogP) is 2.04. The van der Waals surface area contributed by atoms with Gasteiger partial charge in [0.05, 0.1) is 14.2 Å². The molecule has 0 saturated carbocycles. The van der Waals surface area contributed by atoms with E-state index >= 15 is 0 Å². The molecule has 0 aliphatic carbocycles. The van der Waals surface area contributed by atoms with Crippen LogP contribution in [0, 0.1) is 10.1 Å². The third-order valence-corrected chi connectivity index (χ3v) is 2.17. The highest BCUT2D eigenvalue weighted by Gasteiger charge is 2.17. The van der Waals surface area contributed by atoms with Gasteiger partial charge in [-0.2, -0.15) is 0 Å². The fourth-order valence-corrected chi connectivity index (χ4v) is 1.19. The van der Waals surface area contributed by atoms with Crippen molar-refractivity contribution >= 4 is 0 Å². The predicted molar refractivity (Wildman–Crippen MR) is 55.0 cm³/mol. The van der Waals surface area contributed by atoms with Crippen molar-refractivity contribution in [2.75, 3.05) is 14.2 Å². The van der Waals surface area contributed by atoms with Crippen molar-refractivity contribution in [2.24, 2.45) is 0 Å². The first-order valence-electron chi connectivity index (χ1n) is 4.45. The number of nitro groups is 1. The van der Waals surface area contributed by atoms with E-state index in [0.717, 1.165) is 0 Å². The van der Waals surface area contributed by atoms with Crippen LogP contribution >= 0.6 is 0 Å². The quantitative estimate of drug-likeness (QED) is 0.564. The van der Waals surface area contributed by atoms with Crippen molar-refractivity contribution < 1.29 is 14.4 Å². The molecule has 5 nitrogen and oxygen atoms in total. The Kier molecular flexibility index (Phi) is 3.49. The fraction of sp³-hybridized carbons (Fsp3) is 0.400. The molecule has 0 amide bonds. The Labute approximate surface area is 87.8 Å². The van der Waals surface area contributed by atoms with Crippen LogP contribution in [-0.2, 0) is 0 Å².